The monoisotopic (exact) mass is 212 g/mol. The van der Waals surface area contributed by atoms with E-state index in [0.717, 1.165) is 6.42 Å². The molecule has 0 amide bonds. The first-order valence-corrected chi connectivity index (χ1v) is 6.14. The van der Waals surface area contributed by atoms with Crippen LogP contribution in [0.25, 0.3) is 0 Å². The Balaban J connectivity index is 1.84. The molecule has 1 heterocycles. The van der Waals surface area contributed by atoms with E-state index >= 15 is 0 Å². The molecule has 0 aromatic rings. The fourth-order valence-electron chi connectivity index (χ4n) is 1.60. The fraction of sp³-hybridized carbons (Fsp3) is 0.833. The smallest absolute Gasteiger partial charge is 0.227 e. The quantitative estimate of drug-likeness (QED) is 0.366. The largest absolute Gasteiger partial charge is 0.415 e. The van der Waals surface area contributed by atoms with E-state index < -0.39 is 4.93 Å². The summed E-state index contributed by atoms with van der Waals surface area (Å²) in [5.74, 6) is 2.93. The van der Waals surface area contributed by atoms with Crippen molar-refractivity contribution < 1.29 is 4.74 Å². The highest BCUT2D eigenvalue weighted by Gasteiger charge is 2.28. The predicted octanol–water partition coefficient (Wildman–Crippen LogP) is 3.74. The highest BCUT2D eigenvalue weighted by Crippen LogP contribution is 2.27. The number of thiol groups is 1. The Labute approximate surface area is 93.0 Å². The van der Waals surface area contributed by atoms with Gasteiger partial charge in [-0.05, 0) is 6.42 Å². The topological polar surface area (TPSA) is 9.23 Å². The summed E-state index contributed by atoms with van der Waals surface area (Å²) in [6.07, 6.45) is 12.8. The molecule has 0 aliphatic carbocycles. The Kier molecular flexibility index (Phi) is 5.25. The lowest BCUT2D eigenvalue weighted by molar-refractivity contribution is 0.144. The van der Waals surface area contributed by atoms with Crippen LogP contribution in [-0.4, -0.2) is 4.93 Å². The lowest BCUT2D eigenvalue weighted by Crippen LogP contribution is -2.27. The molecule has 14 heavy (non-hydrogen) atoms. The number of hydrogen-bond donors (Lipinski definition) is 1. The van der Waals surface area contributed by atoms with Crippen LogP contribution in [0.15, 0.2) is 0 Å². The Morgan fingerprint density at radius 2 is 1.64 bits per heavy atom. The Morgan fingerprint density at radius 1 is 1.07 bits per heavy atom. The first kappa shape index (κ1) is 11.8. The van der Waals surface area contributed by atoms with Gasteiger partial charge in [-0.2, -0.15) is 0 Å². The van der Waals surface area contributed by atoms with Gasteiger partial charge in [-0.3, -0.25) is 0 Å². The standard InChI is InChI=1S/C12H20OS/c1-2-3-4-5-6-7-8-9-12(14)10-11-13-12/h14H,2-9H2,1H3. The molecule has 2 heteroatoms. The zero-order chi connectivity index (χ0) is 10.3. The van der Waals surface area contributed by atoms with Crippen LogP contribution in [0.1, 0.15) is 58.3 Å². The lowest BCUT2D eigenvalue weighted by atomic mass is 10.1. The van der Waals surface area contributed by atoms with Crippen molar-refractivity contribution in [3.63, 3.8) is 0 Å². The third-order valence-corrected chi connectivity index (χ3v) is 3.01. The fourth-order valence-corrected chi connectivity index (χ4v) is 1.85. The summed E-state index contributed by atoms with van der Waals surface area (Å²) in [4.78, 5) is -0.399. The van der Waals surface area contributed by atoms with Crippen LogP contribution in [0.5, 0.6) is 0 Å². The van der Waals surface area contributed by atoms with Crippen molar-refractivity contribution in [2.75, 3.05) is 0 Å². The molecule has 0 spiro atoms. The molecular weight excluding hydrogens is 192 g/mol. The van der Waals surface area contributed by atoms with Gasteiger partial charge in [0, 0.05) is 12.3 Å². The summed E-state index contributed by atoms with van der Waals surface area (Å²) in [7, 11) is 0. The van der Waals surface area contributed by atoms with Crippen molar-refractivity contribution >= 4 is 12.6 Å². The van der Waals surface area contributed by atoms with Crippen molar-refractivity contribution in [3.05, 3.63) is 0 Å². The van der Waals surface area contributed by atoms with Gasteiger partial charge in [-0.1, -0.05) is 45.4 Å². The van der Waals surface area contributed by atoms with E-state index in [0.29, 0.717) is 0 Å². The van der Waals surface area contributed by atoms with Crippen LogP contribution in [0.3, 0.4) is 0 Å². The van der Waals surface area contributed by atoms with Crippen LogP contribution in [0.2, 0.25) is 0 Å². The van der Waals surface area contributed by atoms with Crippen molar-refractivity contribution in [2.45, 2.75) is 63.2 Å². The van der Waals surface area contributed by atoms with Gasteiger partial charge in [0.25, 0.3) is 0 Å². The molecule has 1 rings (SSSR count). The molecule has 0 saturated carbocycles. The molecule has 0 aromatic heterocycles. The SMILES string of the molecule is CCCCCCCCCC1(S)C#CO1. The summed E-state index contributed by atoms with van der Waals surface area (Å²) in [5.41, 5.74) is 0. The van der Waals surface area contributed by atoms with Gasteiger partial charge in [0.2, 0.25) is 4.93 Å². The number of unbranched alkanes of at least 4 members (excludes halogenated alkanes) is 6. The zero-order valence-electron chi connectivity index (χ0n) is 9.01. The van der Waals surface area contributed by atoms with Gasteiger partial charge < -0.3 is 4.74 Å². The Bertz CT molecular complexity index is 216. The van der Waals surface area contributed by atoms with Crippen molar-refractivity contribution in [3.8, 4) is 12.0 Å². The minimum absolute atomic E-state index is 0.399. The molecule has 1 aliphatic rings. The van der Waals surface area contributed by atoms with E-state index in [-0.39, 0.29) is 0 Å². The second kappa shape index (κ2) is 6.24. The average molecular weight is 212 g/mol. The second-order valence-electron chi connectivity index (χ2n) is 3.98. The first-order valence-electron chi connectivity index (χ1n) is 5.69. The molecule has 0 saturated heterocycles. The molecule has 0 fully saturated rings. The van der Waals surface area contributed by atoms with Gasteiger partial charge >= 0.3 is 0 Å². The van der Waals surface area contributed by atoms with Crippen LogP contribution >= 0.6 is 12.6 Å². The Hall–Kier alpha value is -0.290. The molecular formula is C12H20OS. The summed E-state index contributed by atoms with van der Waals surface area (Å²) in [6.45, 7) is 2.25. The molecule has 0 radical (unpaired) electrons. The maximum Gasteiger partial charge on any atom is 0.227 e. The molecule has 0 aromatic carbocycles. The van der Waals surface area contributed by atoms with E-state index in [1.807, 2.05) is 0 Å². The highest BCUT2D eigenvalue weighted by molar-refractivity contribution is 7.82. The van der Waals surface area contributed by atoms with Crippen LogP contribution in [0.4, 0.5) is 0 Å². The number of hydrogen-bond acceptors (Lipinski definition) is 2. The second-order valence-corrected chi connectivity index (χ2v) is 4.71. The van der Waals surface area contributed by atoms with Crippen LogP contribution in [0, 0.1) is 12.0 Å². The molecule has 1 nitrogen and oxygen atoms in total. The normalized spacial score (nSPS) is 23.3. The van der Waals surface area contributed by atoms with Crippen molar-refractivity contribution in [1.29, 1.82) is 0 Å². The van der Waals surface area contributed by atoms with E-state index in [1.54, 1.807) is 0 Å². The molecule has 1 atom stereocenters. The maximum absolute atomic E-state index is 5.07. The lowest BCUT2D eigenvalue weighted by Gasteiger charge is -2.24. The third kappa shape index (κ3) is 4.28. The zero-order valence-corrected chi connectivity index (χ0v) is 9.91. The number of rotatable bonds is 8. The average Bonchev–Trinajstić information content (AvgIpc) is 2.14. The van der Waals surface area contributed by atoms with Gasteiger partial charge in [0.15, 0.2) is 0 Å². The summed E-state index contributed by atoms with van der Waals surface area (Å²) in [6, 6.07) is 0. The van der Waals surface area contributed by atoms with Gasteiger partial charge in [-0.15, -0.1) is 12.6 Å². The van der Waals surface area contributed by atoms with Crippen LogP contribution in [-0.2, 0) is 4.74 Å². The van der Waals surface area contributed by atoms with Crippen LogP contribution < -0.4 is 0 Å². The highest BCUT2D eigenvalue weighted by atomic mass is 32.1. The van der Waals surface area contributed by atoms with Crippen molar-refractivity contribution in [1.82, 2.24) is 0 Å². The molecule has 0 bridgehead atoms. The molecule has 0 N–H and O–H groups in total. The van der Waals surface area contributed by atoms with E-state index in [2.05, 4.69) is 31.6 Å². The summed E-state index contributed by atoms with van der Waals surface area (Å²) < 4.78 is 5.07. The van der Waals surface area contributed by atoms with Gasteiger partial charge in [0.05, 0.1) is 0 Å². The number of ether oxygens (including phenoxy) is 1. The predicted molar refractivity (Wildman–Crippen MR) is 63.2 cm³/mol. The molecule has 1 aliphatic heterocycles. The summed E-state index contributed by atoms with van der Waals surface area (Å²) >= 11 is 4.34. The van der Waals surface area contributed by atoms with Gasteiger partial charge in [0.1, 0.15) is 6.11 Å². The minimum Gasteiger partial charge on any atom is -0.415 e. The molecule has 80 valence electrons. The van der Waals surface area contributed by atoms with E-state index in [4.69, 9.17) is 4.74 Å². The van der Waals surface area contributed by atoms with Gasteiger partial charge in [-0.25, -0.2) is 0 Å². The van der Waals surface area contributed by atoms with Crippen molar-refractivity contribution in [2.24, 2.45) is 0 Å². The summed E-state index contributed by atoms with van der Waals surface area (Å²) in [5, 5.41) is 0. The molecule has 1 unspecified atom stereocenters. The third-order valence-electron chi connectivity index (χ3n) is 2.59. The minimum atomic E-state index is -0.399. The Morgan fingerprint density at radius 3 is 2.14 bits per heavy atom. The van der Waals surface area contributed by atoms with E-state index in [9.17, 15) is 0 Å². The van der Waals surface area contributed by atoms with E-state index in [1.165, 1.54) is 44.9 Å². The first-order chi connectivity index (χ1) is 6.77. The maximum atomic E-state index is 5.07.